The fourth-order valence-corrected chi connectivity index (χ4v) is 3.84. The van der Waals surface area contributed by atoms with Crippen LogP contribution in [0.15, 0.2) is 53.3 Å². The summed E-state index contributed by atoms with van der Waals surface area (Å²) in [4.78, 5) is 33.7. The van der Waals surface area contributed by atoms with Crippen molar-refractivity contribution < 1.29 is 4.79 Å². The molecule has 4 rings (SSSR count). The Morgan fingerprint density at radius 1 is 1.07 bits per heavy atom. The third kappa shape index (κ3) is 4.14. The van der Waals surface area contributed by atoms with Crippen LogP contribution in [0.3, 0.4) is 0 Å². The standard InChI is InChI=1S/C22H25N5O2/c1-16-5-4-6-17(13-16)26-11-9-25(10-12-26)15-21-24-19-8-3-2-7-18(19)22(29)27(21)14-20(23)28/h2-8,13H,9-12,14-15H2,1H3,(H2,23,28). The van der Waals surface area contributed by atoms with Crippen molar-refractivity contribution in [2.45, 2.75) is 20.0 Å². The van der Waals surface area contributed by atoms with Gasteiger partial charge in [0.25, 0.3) is 5.56 Å². The minimum absolute atomic E-state index is 0.157. The maximum absolute atomic E-state index is 12.9. The predicted molar refractivity (Wildman–Crippen MR) is 114 cm³/mol. The molecule has 0 bridgehead atoms. The molecule has 2 heterocycles. The molecule has 1 aromatic heterocycles. The van der Waals surface area contributed by atoms with Crippen molar-refractivity contribution >= 4 is 22.5 Å². The number of rotatable bonds is 5. The Hall–Kier alpha value is -3.19. The second-order valence-electron chi connectivity index (χ2n) is 7.50. The van der Waals surface area contributed by atoms with Gasteiger partial charge in [-0.2, -0.15) is 0 Å². The quantitative estimate of drug-likeness (QED) is 0.713. The number of hydrogen-bond acceptors (Lipinski definition) is 5. The van der Waals surface area contributed by atoms with Gasteiger partial charge in [0, 0.05) is 31.9 Å². The first-order valence-corrected chi connectivity index (χ1v) is 9.82. The maximum atomic E-state index is 12.9. The first-order valence-electron chi connectivity index (χ1n) is 9.82. The van der Waals surface area contributed by atoms with E-state index >= 15 is 0 Å². The van der Waals surface area contributed by atoms with E-state index in [2.05, 4.69) is 46.0 Å². The van der Waals surface area contributed by atoms with Crippen molar-refractivity contribution in [3.8, 4) is 0 Å². The highest BCUT2D eigenvalue weighted by molar-refractivity contribution is 5.78. The van der Waals surface area contributed by atoms with Crippen LogP contribution in [-0.4, -0.2) is 46.5 Å². The number of aromatic nitrogens is 2. The van der Waals surface area contributed by atoms with Gasteiger partial charge in [0.2, 0.25) is 5.91 Å². The van der Waals surface area contributed by atoms with Crippen LogP contribution in [0, 0.1) is 6.92 Å². The molecule has 0 saturated carbocycles. The van der Waals surface area contributed by atoms with Crippen molar-refractivity contribution in [3.63, 3.8) is 0 Å². The van der Waals surface area contributed by atoms with Crippen molar-refractivity contribution in [2.75, 3.05) is 31.1 Å². The Bertz CT molecular complexity index is 1100. The van der Waals surface area contributed by atoms with Gasteiger partial charge < -0.3 is 10.6 Å². The third-order valence-corrected chi connectivity index (χ3v) is 5.36. The fourth-order valence-electron chi connectivity index (χ4n) is 3.84. The SMILES string of the molecule is Cc1cccc(N2CCN(Cc3nc4ccccc4c(=O)n3CC(N)=O)CC2)c1. The number of piperazine rings is 1. The largest absolute Gasteiger partial charge is 0.369 e. The van der Waals surface area contributed by atoms with E-state index in [1.807, 2.05) is 12.1 Å². The van der Waals surface area contributed by atoms with Crippen molar-refractivity contribution in [1.82, 2.24) is 14.5 Å². The zero-order valence-corrected chi connectivity index (χ0v) is 16.5. The second-order valence-corrected chi connectivity index (χ2v) is 7.50. The van der Waals surface area contributed by atoms with Crippen LogP contribution in [0.1, 0.15) is 11.4 Å². The summed E-state index contributed by atoms with van der Waals surface area (Å²) >= 11 is 0. The van der Waals surface area contributed by atoms with Gasteiger partial charge in [-0.1, -0.05) is 24.3 Å². The van der Waals surface area contributed by atoms with E-state index < -0.39 is 5.91 Å². The summed E-state index contributed by atoms with van der Waals surface area (Å²) < 4.78 is 1.41. The van der Waals surface area contributed by atoms with Gasteiger partial charge >= 0.3 is 0 Å². The predicted octanol–water partition coefficient (Wildman–Crippen LogP) is 1.51. The number of nitrogens with zero attached hydrogens (tertiary/aromatic N) is 4. The molecule has 0 atom stereocenters. The molecule has 1 aliphatic heterocycles. The fraction of sp³-hybridized carbons (Fsp3) is 0.318. The van der Waals surface area contributed by atoms with E-state index in [4.69, 9.17) is 5.73 Å². The molecule has 150 valence electrons. The molecule has 29 heavy (non-hydrogen) atoms. The van der Waals surface area contributed by atoms with Gasteiger partial charge in [0.05, 0.1) is 17.4 Å². The van der Waals surface area contributed by atoms with E-state index in [1.54, 1.807) is 12.1 Å². The number of carbonyl (C=O) groups is 1. The number of aryl methyl sites for hydroxylation is 1. The highest BCUT2D eigenvalue weighted by atomic mass is 16.2. The zero-order chi connectivity index (χ0) is 20.4. The Morgan fingerprint density at radius 2 is 1.83 bits per heavy atom. The number of benzene rings is 2. The average Bonchev–Trinajstić information content (AvgIpc) is 2.71. The lowest BCUT2D eigenvalue weighted by Gasteiger charge is -2.36. The van der Waals surface area contributed by atoms with E-state index in [-0.39, 0.29) is 12.1 Å². The van der Waals surface area contributed by atoms with E-state index in [9.17, 15) is 9.59 Å². The number of primary amides is 1. The summed E-state index contributed by atoms with van der Waals surface area (Å²) in [5, 5.41) is 0.502. The van der Waals surface area contributed by atoms with Gasteiger partial charge in [-0.05, 0) is 36.8 Å². The molecule has 3 aromatic rings. The molecule has 0 radical (unpaired) electrons. The van der Waals surface area contributed by atoms with Crippen molar-refractivity contribution in [1.29, 1.82) is 0 Å². The number of anilines is 1. The molecule has 7 nitrogen and oxygen atoms in total. The summed E-state index contributed by atoms with van der Waals surface area (Å²) in [5.74, 6) is 0.0335. The Morgan fingerprint density at radius 3 is 2.55 bits per heavy atom. The van der Waals surface area contributed by atoms with E-state index in [0.29, 0.717) is 23.3 Å². The van der Waals surface area contributed by atoms with Crippen molar-refractivity contribution in [2.24, 2.45) is 5.73 Å². The summed E-state index contributed by atoms with van der Waals surface area (Å²) in [5.41, 5.74) is 8.30. The monoisotopic (exact) mass is 391 g/mol. The molecule has 2 aromatic carbocycles. The molecule has 2 N–H and O–H groups in total. The minimum Gasteiger partial charge on any atom is -0.369 e. The normalized spacial score (nSPS) is 15.0. The van der Waals surface area contributed by atoms with Crippen LogP contribution < -0.4 is 16.2 Å². The first kappa shape index (κ1) is 19.1. The summed E-state index contributed by atoms with van der Waals surface area (Å²) in [6.45, 7) is 5.96. The number of nitrogens with two attached hydrogens (primary N) is 1. The molecule has 1 fully saturated rings. The lowest BCUT2D eigenvalue weighted by Crippen LogP contribution is -2.47. The molecule has 0 aliphatic carbocycles. The average molecular weight is 391 g/mol. The zero-order valence-electron chi connectivity index (χ0n) is 16.5. The smallest absolute Gasteiger partial charge is 0.261 e. The Kier molecular flexibility index (Phi) is 5.31. The summed E-state index contributed by atoms with van der Waals surface area (Å²) in [7, 11) is 0. The first-order chi connectivity index (χ1) is 14.0. The van der Waals surface area contributed by atoms with Gasteiger partial charge in [-0.25, -0.2) is 4.98 Å². The number of hydrogen-bond donors (Lipinski definition) is 1. The highest BCUT2D eigenvalue weighted by Gasteiger charge is 2.20. The van der Waals surface area contributed by atoms with Gasteiger partial charge in [0.1, 0.15) is 12.4 Å². The van der Waals surface area contributed by atoms with Crippen LogP contribution in [-0.2, 0) is 17.9 Å². The number of para-hydroxylation sites is 1. The van der Waals surface area contributed by atoms with Crippen LogP contribution in [0.2, 0.25) is 0 Å². The lowest BCUT2D eigenvalue weighted by molar-refractivity contribution is -0.118. The Labute approximate surface area is 169 Å². The molecular weight excluding hydrogens is 366 g/mol. The number of fused-ring (bicyclic) bond motifs is 1. The van der Waals surface area contributed by atoms with Gasteiger partial charge in [-0.15, -0.1) is 0 Å². The third-order valence-electron chi connectivity index (χ3n) is 5.36. The van der Waals surface area contributed by atoms with Crippen LogP contribution in [0.4, 0.5) is 5.69 Å². The van der Waals surface area contributed by atoms with Crippen molar-refractivity contribution in [3.05, 3.63) is 70.3 Å². The van der Waals surface area contributed by atoms with Gasteiger partial charge in [-0.3, -0.25) is 19.1 Å². The van der Waals surface area contributed by atoms with E-state index in [0.717, 1.165) is 26.2 Å². The highest BCUT2D eigenvalue weighted by Crippen LogP contribution is 2.18. The molecule has 0 spiro atoms. The van der Waals surface area contributed by atoms with Crippen LogP contribution in [0.5, 0.6) is 0 Å². The molecule has 1 amide bonds. The summed E-state index contributed by atoms with van der Waals surface area (Å²) in [6.07, 6.45) is 0. The Balaban J connectivity index is 1.55. The molecule has 1 aliphatic rings. The van der Waals surface area contributed by atoms with Crippen LogP contribution in [0.25, 0.3) is 10.9 Å². The lowest BCUT2D eigenvalue weighted by atomic mass is 10.2. The molecule has 0 unspecified atom stereocenters. The van der Waals surface area contributed by atoms with E-state index in [1.165, 1.54) is 15.8 Å². The second kappa shape index (κ2) is 8.05. The topological polar surface area (TPSA) is 84.5 Å². The minimum atomic E-state index is -0.547. The molecule has 1 saturated heterocycles. The molecule has 7 heteroatoms. The van der Waals surface area contributed by atoms with Gasteiger partial charge in [0.15, 0.2) is 0 Å². The summed E-state index contributed by atoms with van der Waals surface area (Å²) in [6, 6.07) is 15.7. The maximum Gasteiger partial charge on any atom is 0.261 e. The number of amides is 1. The molecular formula is C22H25N5O2. The number of carbonyl (C=O) groups excluding carboxylic acids is 1. The van der Waals surface area contributed by atoms with Crippen LogP contribution >= 0.6 is 0 Å².